The zero-order valence-electron chi connectivity index (χ0n) is 20.2. The van der Waals surface area contributed by atoms with E-state index in [1.54, 1.807) is 36.4 Å². The number of urea groups is 1. The van der Waals surface area contributed by atoms with Crippen LogP contribution in [0.2, 0.25) is 0 Å². The van der Waals surface area contributed by atoms with Gasteiger partial charge in [0.25, 0.3) is 5.91 Å². The zero-order valence-corrected chi connectivity index (χ0v) is 20.2. The van der Waals surface area contributed by atoms with Gasteiger partial charge in [0, 0.05) is 31.7 Å². The number of carbonyl (C=O) groups excluding carboxylic acids is 3. The number of hydrogen-bond acceptors (Lipinski definition) is 6. The standard InChI is InChI=1S/C28H25FN4O4/c1-37-21-12-10-20(11-13-21)33-26(35)28(25(34)30-27(33)36)16-18-6-5-9-22(29)24(18)32-15-14-31(17-23(28)32)19-7-3-2-4-8-19/h2-13,23H,14-17H2,1H3,(H,30,34,36). The largest absolute Gasteiger partial charge is 0.497 e. The SMILES string of the molecule is COc1ccc(N2C(=O)NC(=O)C3(Cc4cccc(F)c4N4CCN(c5ccccc5)CC43)C2=O)cc1. The highest BCUT2D eigenvalue weighted by atomic mass is 19.1. The first-order valence-corrected chi connectivity index (χ1v) is 12.1. The van der Waals surface area contributed by atoms with Gasteiger partial charge in [-0.15, -0.1) is 0 Å². The molecule has 6 rings (SSSR count). The number of piperazine rings is 1. The lowest BCUT2D eigenvalue weighted by molar-refractivity contribution is -0.144. The Balaban J connectivity index is 1.49. The molecule has 2 saturated heterocycles. The van der Waals surface area contributed by atoms with Crippen LogP contribution >= 0.6 is 0 Å². The van der Waals surface area contributed by atoms with Crippen LogP contribution in [0, 0.1) is 11.2 Å². The molecule has 3 aliphatic heterocycles. The van der Waals surface area contributed by atoms with Gasteiger partial charge in [0.15, 0.2) is 5.41 Å². The Kier molecular flexibility index (Phi) is 5.36. The number of rotatable bonds is 3. The molecule has 2 unspecified atom stereocenters. The second-order valence-corrected chi connectivity index (χ2v) is 9.48. The number of nitrogens with one attached hydrogen (secondary N) is 1. The molecule has 0 aliphatic carbocycles. The Labute approximate surface area is 213 Å². The number of fused-ring (bicyclic) bond motifs is 4. The van der Waals surface area contributed by atoms with E-state index in [1.165, 1.54) is 13.2 Å². The number of hydrogen-bond donors (Lipinski definition) is 1. The van der Waals surface area contributed by atoms with Gasteiger partial charge in [-0.3, -0.25) is 14.9 Å². The van der Waals surface area contributed by atoms with E-state index >= 15 is 4.39 Å². The third kappa shape index (κ3) is 3.45. The molecule has 8 nitrogen and oxygen atoms in total. The summed E-state index contributed by atoms with van der Waals surface area (Å²) in [6.07, 6.45) is -0.0194. The van der Waals surface area contributed by atoms with Gasteiger partial charge in [-0.1, -0.05) is 30.3 Å². The van der Waals surface area contributed by atoms with Crippen molar-refractivity contribution < 1.29 is 23.5 Å². The molecule has 3 heterocycles. The number of halogens is 1. The molecule has 37 heavy (non-hydrogen) atoms. The predicted molar refractivity (Wildman–Crippen MR) is 136 cm³/mol. The van der Waals surface area contributed by atoms with Crippen molar-refractivity contribution in [3.05, 3.63) is 84.2 Å². The van der Waals surface area contributed by atoms with Gasteiger partial charge >= 0.3 is 6.03 Å². The van der Waals surface area contributed by atoms with Crippen LogP contribution < -0.4 is 24.8 Å². The molecule has 0 radical (unpaired) electrons. The Hall–Kier alpha value is -4.40. The maximum absolute atomic E-state index is 15.2. The van der Waals surface area contributed by atoms with Crippen molar-refractivity contribution >= 4 is 34.9 Å². The number of nitrogens with zero attached hydrogens (tertiary/aromatic N) is 3. The molecule has 0 bridgehead atoms. The Morgan fingerprint density at radius 3 is 2.41 bits per heavy atom. The molecule has 4 amide bonds. The third-order valence-electron chi connectivity index (χ3n) is 7.64. The van der Waals surface area contributed by atoms with E-state index in [-0.39, 0.29) is 6.42 Å². The van der Waals surface area contributed by atoms with Crippen molar-refractivity contribution in [2.45, 2.75) is 12.5 Å². The molecule has 9 heteroatoms. The van der Waals surface area contributed by atoms with Crippen LogP contribution in [-0.2, 0) is 16.0 Å². The summed E-state index contributed by atoms with van der Waals surface area (Å²) in [4.78, 5) is 46.0. The molecule has 2 atom stereocenters. The van der Waals surface area contributed by atoms with E-state index in [1.807, 2.05) is 35.2 Å². The number of imide groups is 2. The number of methoxy groups -OCH3 is 1. The summed E-state index contributed by atoms with van der Waals surface area (Å²) in [5.41, 5.74) is 0.615. The Morgan fingerprint density at radius 1 is 0.919 bits per heavy atom. The Morgan fingerprint density at radius 2 is 1.68 bits per heavy atom. The van der Waals surface area contributed by atoms with Crippen LogP contribution in [0.4, 0.5) is 26.2 Å². The fourth-order valence-corrected chi connectivity index (χ4v) is 5.86. The third-order valence-corrected chi connectivity index (χ3v) is 7.64. The van der Waals surface area contributed by atoms with E-state index in [9.17, 15) is 14.4 Å². The molecule has 1 N–H and O–H groups in total. The molecular formula is C28H25FN4O4. The van der Waals surface area contributed by atoms with Crippen LogP contribution in [0.5, 0.6) is 5.75 Å². The lowest BCUT2D eigenvalue weighted by Crippen LogP contribution is -2.75. The number of benzene rings is 3. The number of amides is 4. The summed E-state index contributed by atoms with van der Waals surface area (Å²) >= 11 is 0. The normalized spacial score (nSPS) is 23.0. The minimum atomic E-state index is -1.64. The van der Waals surface area contributed by atoms with Crippen LogP contribution in [-0.4, -0.2) is 50.6 Å². The van der Waals surface area contributed by atoms with Gasteiger partial charge in [0.2, 0.25) is 5.91 Å². The second kappa shape index (κ2) is 8.62. The van der Waals surface area contributed by atoms with E-state index < -0.39 is 35.1 Å². The number of carbonyl (C=O) groups is 3. The van der Waals surface area contributed by atoms with Gasteiger partial charge in [-0.2, -0.15) is 0 Å². The zero-order chi connectivity index (χ0) is 25.7. The summed E-state index contributed by atoms with van der Waals surface area (Å²) in [7, 11) is 1.52. The minimum Gasteiger partial charge on any atom is -0.497 e. The van der Waals surface area contributed by atoms with Crippen LogP contribution in [0.1, 0.15) is 5.56 Å². The van der Waals surface area contributed by atoms with E-state index in [4.69, 9.17) is 4.74 Å². The van der Waals surface area contributed by atoms with Gasteiger partial charge in [0.05, 0.1) is 24.5 Å². The minimum absolute atomic E-state index is 0.0194. The molecule has 1 spiro atoms. The first kappa shape index (κ1) is 23.0. The number of para-hydroxylation sites is 2. The predicted octanol–water partition coefficient (Wildman–Crippen LogP) is 3.36. The van der Waals surface area contributed by atoms with Crippen LogP contribution in [0.25, 0.3) is 0 Å². The molecular weight excluding hydrogens is 475 g/mol. The van der Waals surface area contributed by atoms with Gasteiger partial charge in [-0.05, 0) is 48.0 Å². The number of anilines is 3. The average molecular weight is 501 g/mol. The van der Waals surface area contributed by atoms with Crippen molar-refractivity contribution in [2.24, 2.45) is 5.41 Å². The van der Waals surface area contributed by atoms with Crippen molar-refractivity contribution in [3.63, 3.8) is 0 Å². The summed E-state index contributed by atoms with van der Waals surface area (Å²) in [5.74, 6) is -1.10. The molecule has 0 saturated carbocycles. The molecule has 2 fully saturated rings. The van der Waals surface area contributed by atoms with Crippen LogP contribution in [0.15, 0.2) is 72.8 Å². The fraction of sp³-hybridized carbons (Fsp3) is 0.250. The maximum atomic E-state index is 15.2. The topological polar surface area (TPSA) is 82.2 Å². The maximum Gasteiger partial charge on any atom is 0.335 e. The summed E-state index contributed by atoms with van der Waals surface area (Å²) in [6, 6.07) is 19.4. The molecule has 3 aromatic carbocycles. The molecule has 3 aliphatic rings. The number of ether oxygens (including phenoxy) is 1. The number of barbiturate groups is 1. The monoisotopic (exact) mass is 500 g/mol. The highest BCUT2D eigenvalue weighted by Crippen LogP contribution is 2.47. The summed E-state index contributed by atoms with van der Waals surface area (Å²) in [5, 5.41) is 2.44. The molecule has 3 aromatic rings. The highest BCUT2D eigenvalue weighted by molar-refractivity contribution is 6.30. The van der Waals surface area contributed by atoms with Crippen molar-refractivity contribution in [1.82, 2.24) is 5.32 Å². The van der Waals surface area contributed by atoms with Crippen molar-refractivity contribution in [3.8, 4) is 5.75 Å². The van der Waals surface area contributed by atoms with E-state index in [2.05, 4.69) is 10.2 Å². The van der Waals surface area contributed by atoms with Gasteiger partial charge in [0.1, 0.15) is 11.6 Å². The lowest BCUT2D eigenvalue weighted by atomic mass is 9.67. The van der Waals surface area contributed by atoms with Crippen LogP contribution in [0.3, 0.4) is 0 Å². The first-order valence-electron chi connectivity index (χ1n) is 12.1. The Bertz CT molecular complexity index is 1400. The lowest BCUT2D eigenvalue weighted by Gasteiger charge is -2.55. The summed E-state index contributed by atoms with van der Waals surface area (Å²) in [6.45, 7) is 1.30. The smallest absolute Gasteiger partial charge is 0.335 e. The molecule has 188 valence electrons. The van der Waals surface area contributed by atoms with Crippen molar-refractivity contribution in [1.29, 1.82) is 0 Å². The first-order chi connectivity index (χ1) is 17.9. The molecule has 0 aromatic heterocycles. The van der Waals surface area contributed by atoms with E-state index in [0.717, 1.165) is 10.6 Å². The summed E-state index contributed by atoms with van der Waals surface area (Å²) < 4.78 is 20.4. The quantitative estimate of drug-likeness (QED) is 0.556. The average Bonchev–Trinajstić information content (AvgIpc) is 2.92. The second-order valence-electron chi connectivity index (χ2n) is 9.48. The van der Waals surface area contributed by atoms with Gasteiger partial charge < -0.3 is 14.5 Å². The highest BCUT2D eigenvalue weighted by Gasteiger charge is 2.63. The van der Waals surface area contributed by atoms with Crippen molar-refractivity contribution in [2.75, 3.05) is 41.4 Å². The van der Waals surface area contributed by atoms with Gasteiger partial charge in [-0.25, -0.2) is 14.1 Å². The van der Waals surface area contributed by atoms with E-state index in [0.29, 0.717) is 42.3 Å². The fourth-order valence-electron chi connectivity index (χ4n) is 5.86.